The Morgan fingerprint density at radius 2 is 2.21 bits per heavy atom. The first kappa shape index (κ1) is 11.2. The summed E-state index contributed by atoms with van der Waals surface area (Å²) in [4.78, 5) is 4.34. The molecule has 0 amide bonds. The predicted molar refractivity (Wildman–Crippen MR) is 59.1 cm³/mol. The van der Waals surface area contributed by atoms with Gasteiger partial charge in [-0.3, -0.25) is 0 Å². The minimum atomic E-state index is 0.262. The summed E-state index contributed by atoms with van der Waals surface area (Å²) in [6.45, 7) is 5.39. The molecule has 1 heterocycles. The van der Waals surface area contributed by atoms with Crippen LogP contribution in [-0.4, -0.2) is 15.6 Å². The summed E-state index contributed by atoms with van der Waals surface area (Å²) < 4.78 is 2.20. The largest absolute Gasteiger partial charge is 0.335 e. The summed E-state index contributed by atoms with van der Waals surface area (Å²) >= 11 is 0. The fourth-order valence-electron chi connectivity index (χ4n) is 1.68. The molecule has 1 aromatic rings. The van der Waals surface area contributed by atoms with Crippen molar-refractivity contribution in [2.24, 2.45) is 5.73 Å². The fraction of sp³-hybridized carbons (Fsp3) is 0.727. The van der Waals surface area contributed by atoms with Gasteiger partial charge >= 0.3 is 0 Å². The summed E-state index contributed by atoms with van der Waals surface area (Å²) in [7, 11) is 0. The molecular formula is C11H21N3. The van der Waals surface area contributed by atoms with Crippen molar-refractivity contribution in [3.05, 3.63) is 18.2 Å². The first-order chi connectivity index (χ1) is 6.77. The zero-order chi connectivity index (χ0) is 10.4. The van der Waals surface area contributed by atoms with Crippen LogP contribution in [0.2, 0.25) is 0 Å². The molecule has 14 heavy (non-hydrogen) atoms. The number of aromatic nitrogens is 2. The number of hydrogen-bond donors (Lipinski definition) is 1. The maximum Gasteiger partial charge on any atom is 0.110 e. The van der Waals surface area contributed by atoms with Crippen molar-refractivity contribution in [1.82, 2.24) is 9.55 Å². The maximum atomic E-state index is 5.99. The van der Waals surface area contributed by atoms with Crippen LogP contribution in [0.25, 0.3) is 0 Å². The van der Waals surface area contributed by atoms with Crippen molar-refractivity contribution >= 4 is 0 Å². The van der Waals surface area contributed by atoms with Gasteiger partial charge in [0, 0.05) is 31.4 Å². The van der Waals surface area contributed by atoms with Gasteiger partial charge in [0.2, 0.25) is 0 Å². The van der Waals surface area contributed by atoms with Gasteiger partial charge in [0.15, 0.2) is 0 Å². The monoisotopic (exact) mass is 195 g/mol. The van der Waals surface area contributed by atoms with Gasteiger partial charge in [0.05, 0.1) is 0 Å². The topological polar surface area (TPSA) is 43.8 Å². The predicted octanol–water partition coefficient (Wildman–Crippen LogP) is 1.96. The standard InChI is InChI=1S/C11H21N3/c1-3-5-10(12)9-11-13-6-8-14(11)7-4-2/h6,8,10H,3-5,7,9,12H2,1-2H3. The lowest BCUT2D eigenvalue weighted by Crippen LogP contribution is -2.24. The average molecular weight is 195 g/mol. The van der Waals surface area contributed by atoms with Crippen LogP contribution in [0.1, 0.15) is 38.9 Å². The Hall–Kier alpha value is -0.830. The van der Waals surface area contributed by atoms with Gasteiger partial charge in [-0.1, -0.05) is 20.3 Å². The van der Waals surface area contributed by atoms with E-state index in [-0.39, 0.29) is 6.04 Å². The molecule has 1 unspecified atom stereocenters. The van der Waals surface area contributed by atoms with Crippen molar-refractivity contribution < 1.29 is 0 Å². The second-order valence-electron chi connectivity index (χ2n) is 3.79. The van der Waals surface area contributed by atoms with Crippen LogP contribution in [-0.2, 0) is 13.0 Å². The average Bonchev–Trinajstić information content (AvgIpc) is 2.54. The molecule has 0 aliphatic heterocycles. The first-order valence-corrected chi connectivity index (χ1v) is 5.53. The van der Waals surface area contributed by atoms with Gasteiger partial charge < -0.3 is 10.3 Å². The molecule has 0 saturated carbocycles. The summed E-state index contributed by atoms with van der Waals surface area (Å²) in [5, 5.41) is 0. The molecule has 0 aromatic carbocycles. The second kappa shape index (κ2) is 5.81. The van der Waals surface area contributed by atoms with E-state index in [1.807, 2.05) is 12.4 Å². The molecule has 2 N–H and O–H groups in total. The lowest BCUT2D eigenvalue weighted by Gasteiger charge is -2.11. The van der Waals surface area contributed by atoms with E-state index in [4.69, 9.17) is 5.73 Å². The van der Waals surface area contributed by atoms with Crippen molar-refractivity contribution in [2.75, 3.05) is 0 Å². The van der Waals surface area contributed by atoms with E-state index >= 15 is 0 Å². The third kappa shape index (κ3) is 3.14. The molecule has 0 radical (unpaired) electrons. The number of nitrogens with two attached hydrogens (primary N) is 1. The van der Waals surface area contributed by atoms with E-state index in [9.17, 15) is 0 Å². The molecule has 1 aromatic heterocycles. The smallest absolute Gasteiger partial charge is 0.110 e. The van der Waals surface area contributed by atoms with E-state index in [1.165, 1.54) is 0 Å². The van der Waals surface area contributed by atoms with Crippen LogP contribution < -0.4 is 5.73 Å². The van der Waals surface area contributed by atoms with Gasteiger partial charge in [0.1, 0.15) is 5.82 Å². The van der Waals surface area contributed by atoms with Crippen LogP contribution in [0, 0.1) is 0 Å². The van der Waals surface area contributed by atoms with Gasteiger partial charge in [0.25, 0.3) is 0 Å². The van der Waals surface area contributed by atoms with E-state index in [0.29, 0.717) is 0 Å². The zero-order valence-corrected chi connectivity index (χ0v) is 9.24. The van der Waals surface area contributed by atoms with E-state index in [1.54, 1.807) is 0 Å². The SMILES string of the molecule is CCCC(N)Cc1nccn1CCC. The summed E-state index contributed by atoms with van der Waals surface area (Å²) in [5.74, 6) is 1.13. The van der Waals surface area contributed by atoms with Gasteiger partial charge in [-0.2, -0.15) is 0 Å². The Balaban J connectivity index is 2.52. The molecule has 1 atom stereocenters. The number of rotatable bonds is 6. The van der Waals surface area contributed by atoms with Gasteiger partial charge in [-0.25, -0.2) is 4.98 Å². The third-order valence-corrected chi connectivity index (χ3v) is 2.37. The van der Waals surface area contributed by atoms with E-state index in [0.717, 1.165) is 38.1 Å². The van der Waals surface area contributed by atoms with Crippen molar-refractivity contribution in [2.45, 2.75) is 52.1 Å². The highest BCUT2D eigenvalue weighted by Gasteiger charge is 2.07. The molecule has 0 spiro atoms. The minimum Gasteiger partial charge on any atom is -0.335 e. The van der Waals surface area contributed by atoms with Crippen molar-refractivity contribution in [1.29, 1.82) is 0 Å². The van der Waals surface area contributed by atoms with Crippen molar-refractivity contribution in [3.63, 3.8) is 0 Å². The van der Waals surface area contributed by atoms with Crippen LogP contribution in [0.4, 0.5) is 0 Å². The normalized spacial score (nSPS) is 13.1. The quantitative estimate of drug-likeness (QED) is 0.754. The van der Waals surface area contributed by atoms with E-state index < -0.39 is 0 Å². The Labute approximate surface area is 86.3 Å². The van der Waals surface area contributed by atoms with Gasteiger partial charge in [-0.05, 0) is 12.8 Å². The van der Waals surface area contributed by atoms with Gasteiger partial charge in [-0.15, -0.1) is 0 Å². The van der Waals surface area contributed by atoms with Crippen molar-refractivity contribution in [3.8, 4) is 0 Å². The molecule has 0 bridgehead atoms. The lowest BCUT2D eigenvalue weighted by atomic mass is 10.1. The Morgan fingerprint density at radius 3 is 2.86 bits per heavy atom. The molecule has 80 valence electrons. The highest BCUT2D eigenvalue weighted by molar-refractivity contribution is 4.95. The third-order valence-electron chi connectivity index (χ3n) is 2.37. The fourth-order valence-corrected chi connectivity index (χ4v) is 1.68. The van der Waals surface area contributed by atoms with E-state index in [2.05, 4.69) is 23.4 Å². The summed E-state index contributed by atoms with van der Waals surface area (Å²) in [6.07, 6.45) is 8.18. The molecule has 0 fully saturated rings. The Morgan fingerprint density at radius 1 is 1.43 bits per heavy atom. The number of aryl methyl sites for hydroxylation is 1. The molecule has 0 saturated heterocycles. The number of imidazole rings is 1. The Bertz CT molecular complexity index is 255. The molecule has 3 heteroatoms. The van der Waals surface area contributed by atoms with Crippen LogP contribution in [0.15, 0.2) is 12.4 Å². The summed E-state index contributed by atoms with van der Waals surface area (Å²) in [5.41, 5.74) is 5.99. The van der Waals surface area contributed by atoms with Crippen LogP contribution in [0.5, 0.6) is 0 Å². The molecular weight excluding hydrogens is 174 g/mol. The lowest BCUT2D eigenvalue weighted by molar-refractivity contribution is 0.552. The van der Waals surface area contributed by atoms with Crippen LogP contribution >= 0.6 is 0 Å². The maximum absolute atomic E-state index is 5.99. The Kier molecular flexibility index (Phi) is 4.66. The van der Waals surface area contributed by atoms with Crippen LogP contribution in [0.3, 0.4) is 0 Å². The summed E-state index contributed by atoms with van der Waals surface area (Å²) in [6, 6.07) is 0.262. The minimum absolute atomic E-state index is 0.262. The molecule has 0 aliphatic rings. The number of hydrogen-bond acceptors (Lipinski definition) is 2. The molecule has 0 aliphatic carbocycles. The highest BCUT2D eigenvalue weighted by Crippen LogP contribution is 2.05. The number of nitrogens with zero attached hydrogens (tertiary/aromatic N) is 2. The second-order valence-corrected chi connectivity index (χ2v) is 3.79. The highest BCUT2D eigenvalue weighted by atomic mass is 15.1. The zero-order valence-electron chi connectivity index (χ0n) is 9.24. The molecule has 1 rings (SSSR count). The first-order valence-electron chi connectivity index (χ1n) is 5.53. The molecule has 3 nitrogen and oxygen atoms in total.